The van der Waals surface area contributed by atoms with Crippen LogP contribution in [0, 0.1) is 5.41 Å². The van der Waals surface area contributed by atoms with Crippen molar-refractivity contribution in [3.63, 3.8) is 0 Å². The molecule has 0 fully saturated rings. The van der Waals surface area contributed by atoms with Gasteiger partial charge in [0.25, 0.3) is 0 Å². The van der Waals surface area contributed by atoms with E-state index >= 15 is 0 Å². The molecule has 1 rings (SSSR count). The highest BCUT2D eigenvalue weighted by molar-refractivity contribution is 7.89. The summed E-state index contributed by atoms with van der Waals surface area (Å²) in [7, 11) is -3.82. The quantitative estimate of drug-likeness (QED) is 0.898. The molecule has 7 heteroatoms. The average molecular weight is 305 g/mol. The lowest BCUT2D eigenvalue weighted by Gasteiger charge is -2.17. The standard InChI is InChI=1S/C12H17ClN2O3S/c1-12(2,3)7-11(16)15-10-6-8(19(14,17)18)4-5-9(10)13/h4-6H,7H2,1-3H3,(H,15,16)(H2,14,17,18). The Bertz CT molecular complexity index is 591. The van der Waals surface area contributed by atoms with Crippen molar-refractivity contribution in [2.75, 3.05) is 5.32 Å². The zero-order chi connectivity index (χ0) is 14.8. The first-order valence-electron chi connectivity index (χ1n) is 5.61. The Morgan fingerprint density at radius 2 is 1.95 bits per heavy atom. The monoisotopic (exact) mass is 304 g/mol. The summed E-state index contributed by atoms with van der Waals surface area (Å²) in [5.74, 6) is -0.235. The zero-order valence-electron chi connectivity index (χ0n) is 11.0. The second-order valence-corrected chi connectivity index (χ2v) is 7.44. The van der Waals surface area contributed by atoms with Crippen molar-refractivity contribution >= 4 is 33.2 Å². The number of primary sulfonamides is 1. The van der Waals surface area contributed by atoms with Crippen LogP contribution < -0.4 is 10.5 Å². The van der Waals surface area contributed by atoms with E-state index in [0.29, 0.717) is 6.42 Å². The van der Waals surface area contributed by atoms with Gasteiger partial charge >= 0.3 is 0 Å². The minimum Gasteiger partial charge on any atom is -0.325 e. The van der Waals surface area contributed by atoms with Gasteiger partial charge in [-0.3, -0.25) is 4.79 Å². The summed E-state index contributed by atoms with van der Waals surface area (Å²) in [6, 6.07) is 3.92. The fraction of sp³-hybridized carbons (Fsp3) is 0.417. The average Bonchev–Trinajstić information content (AvgIpc) is 2.16. The molecule has 0 radical (unpaired) electrons. The summed E-state index contributed by atoms with van der Waals surface area (Å²) in [5.41, 5.74) is 0.0659. The van der Waals surface area contributed by atoms with Gasteiger partial charge in [0.15, 0.2) is 0 Å². The zero-order valence-corrected chi connectivity index (χ0v) is 12.6. The molecule has 0 unspecified atom stereocenters. The molecule has 1 amide bonds. The Morgan fingerprint density at radius 1 is 1.37 bits per heavy atom. The molecule has 0 atom stereocenters. The number of carbonyl (C=O) groups is 1. The Balaban J connectivity index is 2.99. The van der Waals surface area contributed by atoms with Crippen LogP contribution in [-0.2, 0) is 14.8 Å². The lowest BCUT2D eigenvalue weighted by Crippen LogP contribution is -2.20. The number of carbonyl (C=O) groups excluding carboxylic acids is 1. The second kappa shape index (κ2) is 5.48. The Hall–Kier alpha value is -1.11. The molecule has 0 saturated heterocycles. The highest BCUT2D eigenvalue weighted by atomic mass is 35.5. The van der Waals surface area contributed by atoms with Gasteiger partial charge in [0.2, 0.25) is 15.9 Å². The number of hydrogen-bond donors (Lipinski definition) is 2. The van der Waals surface area contributed by atoms with Gasteiger partial charge in [-0.1, -0.05) is 32.4 Å². The first kappa shape index (κ1) is 15.9. The van der Waals surface area contributed by atoms with E-state index in [1.807, 2.05) is 20.8 Å². The topological polar surface area (TPSA) is 89.3 Å². The molecular weight excluding hydrogens is 288 g/mol. The molecule has 1 aromatic rings. The first-order chi connectivity index (χ1) is 8.49. The van der Waals surface area contributed by atoms with Crippen LogP contribution in [0.25, 0.3) is 0 Å². The summed E-state index contributed by atoms with van der Waals surface area (Å²) < 4.78 is 22.5. The third kappa shape index (κ3) is 5.18. The van der Waals surface area contributed by atoms with Gasteiger partial charge in [-0.2, -0.15) is 0 Å². The smallest absolute Gasteiger partial charge is 0.238 e. The normalized spacial score (nSPS) is 12.3. The number of hydrogen-bond acceptors (Lipinski definition) is 3. The maximum atomic E-state index is 11.8. The predicted molar refractivity (Wildman–Crippen MR) is 75.5 cm³/mol. The number of benzene rings is 1. The first-order valence-corrected chi connectivity index (χ1v) is 7.54. The van der Waals surface area contributed by atoms with Crippen molar-refractivity contribution in [1.82, 2.24) is 0 Å². The van der Waals surface area contributed by atoms with Gasteiger partial charge in [0, 0.05) is 6.42 Å². The molecule has 5 nitrogen and oxygen atoms in total. The van der Waals surface area contributed by atoms with Gasteiger partial charge in [-0.15, -0.1) is 0 Å². The van der Waals surface area contributed by atoms with Crippen molar-refractivity contribution in [3.8, 4) is 0 Å². The van der Waals surface area contributed by atoms with E-state index in [2.05, 4.69) is 5.32 Å². The third-order valence-corrected chi connectivity index (χ3v) is 3.47. The fourth-order valence-corrected chi connectivity index (χ4v) is 2.16. The van der Waals surface area contributed by atoms with Crippen molar-refractivity contribution in [2.24, 2.45) is 10.6 Å². The van der Waals surface area contributed by atoms with Gasteiger partial charge in [-0.05, 0) is 23.6 Å². The van der Waals surface area contributed by atoms with E-state index in [9.17, 15) is 13.2 Å². The number of nitrogens with two attached hydrogens (primary N) is 1. The number of sulfonamides is 1. The molecule has 1 aromatic carbocycles. The second-order valence-electron chi connectivity index (χ2n) is 5.47. The molecule has 0 saturated carbocycles. The number of nitrogens with one attached hydrogen (secondary N) is 1. The predicted octanol–water partition coefficient (Wildman–Crippen LogP) is 2.36. The maximum Gasteiger partial charge on any atom is 0.238 e. The van der Waals surface area contributed by atoms with Crippen LogP contribution in [0.1, 0.15) is 27.2 Å². The van der Waals surface area contributed by atoms with E-state index in [-0.39, 0.29) is 26.9 Å². The summed E-state index contributed by atoms with van der Waals surface area (Å²) in [4.78, 5) is 11.7. The molecule has 19 heavy (non-hydrogen) atoms. The number of rotatable bonds is 3. The van der Waals surface area contributed by atoms with Gasteiger partial charge in [-0.25, -0.2) is 13.6 Å². The Labute approximate surface area is 118 Å². The van der Waals surface area contributed by atoms with Crippen LogP contribution in [0.3, 0.4) is 0 Å². The van der Waals surface area contributed by atoms with Gasteiger partial charge < -0.3 is 5.32 Å². The minimum atomic E-state index is -3.82. The molecule has 0 aromatic heterocycles. The summed E-state index contributed by atoms with van der Waals surface area (Å²) in [6.45, 7) is 5.78. The molecule has 106 valence electrons. The SMILES string of the molecule is CC(C)(C)CC(=O)Nc1cc(S(N)(=O)=O)ccc1Cl. The molecular formula is C12H17ClN2O3S. The molecule has 3 N–H and O–H groups in total. The van der Waals surface area contributed by atoms with Gasteiger partial charge in [0.05, 0.1) is 15.6 Å². The summed E-state index contributed by atoms with van der Waals surface area (Å²) >= 11 is 5.91. The molecule has 0 aliphatic carbocycles. The number of halogens is 1. The lowest BCUT2D eigenvalue weighted by molar-refractivity contribution is -0.117. The fourth-order valence-electron chi connectivity index (χ4n) is 1.45. The van der Waals surface area contributed by atoms with Crippen LogP contribution in [0.15, 0.2) is 23.1 Å². The molecule has 0 spiro atoms. The van der Waals surface area contributed by atoms with Crippen molar-refractivity contribution < 1.29 is 13.2 Å². The largest absolute Gasteiger partial charge is 0.325 e. The highest BCUT2D eigenvalue weighted by Gasteiger charge is 2.18. The maximum absolute atomic E-state index is 11.8. The Morgan fingerprint density at radius 3 is 2.42 bits per heavy atom. The van der Waals surface area contributed by atoms with Crippen LogP contribution in [0.5, 0.6) is 0 Å². The molecule has 0 heterocycles. The number of anilines is 1. The number of amides is 1. The minimum absolute atomic E-state index is 0.0945. The van der Waals surface area contributed by atoms with E-state index < -0.39 is 10.0 Å². The lowest BCUT2D eigenvalue weighted by atomic mass is 9.92. The van der Waals surface area contributed by atoms with Crippen molar-refractivity contribution in [3.05, 3.63) is 23.2 Å². The van der Waals surface area contributed by atoms with E-state index in [1.54, 1.807) is 0 Å². The van der Waals surface area contributed by atoms with Crippen molar-refractivity contribution in [1.29, 1.82) is 0 Å². The molecule has 0 aliphatic heterocycles. The summed E-state index contributed by atoms with van der Waals surface area (Å²) in [6.07, 6.45) is 0.295. The van der Waals surface area contributed by atoms with Crippen LogP contribution in [0.2, 0.25) is 5.02 Å². The van der Waals surface area contributed by atoms with Crippen LogP contribution >= 0.6 is 11.6 Å². The molecule has 0 aliphatic rings. The van der Waals surface area contributed by atoms with E-state index in [0.717, 1.165) is 0 Å². The summed E-state index contributed by atoms with van der Waals surface area (Å²) in [5, 5.41) is 7.87. The van der Waals surface area contributed by atoms with E-state index in [1.165, 1.54) is 18.2 Å². The highest BCUT2D eigenvalue weighted by Crippen LogP contribution is 2.26. The molecule has 0 bridgehead atoms. The van der Waals surface area contributed by atoms with Crippen LogP contribution in [-0.4, -0.2) is 14.3 Å². The van der Waals surface area contributed by atoms with E-state index in [4.69, 9.17) is 16.7 Å². The Kier molecular flexibility index (Phi) is 4.60. The third-order valence-electron chi connectivity index (χ3n) is 2.23. The van der Waals surface area contributed by atoms with Gasteiger partial charge in [0.1, 0.15) is 0 Å². The van der Waals surface area contributed by atoms with Crippen molar-refractivity contribution in [2.45, 2.75) is 32.1 Å². The van der Waals surface area contributed by atoms with Crippen LogP contribution in [0.4, 0.5) is 5.69 Å².